The third-order valence-corrected chi connectivity index (χ3v) is 5.02. The van der Waals surface area contributed by atoms with Crippen LogP contribution in [0.1, 0.15) is 63.4 Å². The Labute approximate surface area is 156 Å². The number of pyridine rings is 1. The second-order valence-corrected chi connectivity index (χ2v) is 7.07. The third-order valence-electron chi connectivity index (χ3n) is 5.02. The minimum atomic E-state index is 0.546. The number of hydrogen-bond acceptors (Lipinski definition) is 4. The first-order valence-corrected chi connectivity index (χ1v) is 9.52. The van der Waals surface area contributed by atoms with Crippen LogP contribution in [0.2, 0.25) is 0 Å². The fourth-order valence-electron chi connectivity index (χ4n) is 3.24. The smallest absolute Gasteiger partial charge is 0.158 e. The zero-order valence-corrected chi connectivity index (χ0v) is 16.3. The predicted molar refractivity (Wildman–Crippen MR) is 108 cm³/mol. The van der Waals surface area contributed by atoms with Crippen LogP contribution in [0.3, 0.4) is 0 Å². The van der Waals surface area contributed by atoms with Gasteiger partial charge < -0.3 is 5.32 Å². The Hall–Kier alpha value is -2.43. The maximum absolute atomic E-state index is 4.84. The molecule has 3 rings (SSSR count). The van der Waals surface area contributed by atoms with Crippen molar-refractivity contribution in [3.05, 3.63) is 47.7 Å². The summed E-state index contributed by atoms with van der Waals surface area (Å²) in [7, 11) is 0. The van der Waals surface area contributed by atoms with Gasteiger partial charge in [-0.15, -0.1) is 0 Å². The molecule has 2 aromatic rings. The van der Waals surface area contributed by atoms with E-state index in [1.165, 1.54) is 12.0 Å². The van der Waals surface area contributed by atoms with Crippen LogP contribution in [-0.2, 0) is 19.3 Å². The maximum Gasteiger partial charge on any atom is 0.158 e. The highest BCUT2D eigenvalue weighted by Gasteiger charge is 2.18. The summed E-state index contributed by atoms with van der Waals surface area (Å²) in [6.07, 6.45) is 7.09. The van der Waals surface area contributed by atoms with Gasteiger partial charge in [0.1, 0.15) is 5.82 Å². The van der Waals surface area contributed by atoms with Gasteiger partial charge in [0.25, 0.3) is 0 Å². The molecular weight excluding hydrogens is 322 g/mol. The van der Waals surface area contributed by atoms with E-state index in [9.17, 15) is 0 Å². The first-order valence-electron chi connectivity index (χ1n) is 9.52. The van der Waals surface area contributed by atoms with Crippen LogP contribution in [0.25, 0.3) is 11.3 Å². The zero-order valence-electron chi connectivity index (χ0n) is 16.3. The quantitative estimate of drug-likeness (QED) is 0.832. The monoisotopic (exact) mass is 351 g/mol. The molecule has 0 saturated carbocycles. The van der Waals surface area contributed by atoms with Crippen molar-refractivity contribution in [1.82, 2.24) is 19.7 Å². The molecule has 138 valence electrons. The van der Waals surface area contributed by atoms with Crippen molar-refractivity contribution in [3.8, 4) is 0 Å². The van der Waals surface area contributed by atoms with E-state index in [4.69, 9.17) is 4.98 Å². The predicted octanol–water partition coefficient (Wildman–Crippen LogP) is 4.51. The zero-order chi connectivity index (χ0) is 18.7. The summed E-state index contributed by atoms with van der Waals surface area (Å²) in [5, 5.41) is 8.23. The van der Waals surface area contributed by atoms with Crippen LogP contribution in [0.4, 0.5) is 5.82 Å². The standard InChI is InChI=1S/C21H29N5/c1-6-15(5)26-21(14(3)4)24-19(25-26)13-12-18-11-9-16-8-10-17(7-2)22-20(16)23-18/h6,9,11,17H,3,7-8,10,12-13H2,1-2,4-5H3,(H,22,23)/b15-6-. The normalized spacial score (nSPS) is 16.9. The van der Waals surface area contributed by atoms with Crippen LogP contribution in [0.5, 0.6) is 0 Å². The van der Waals surface area contributed by atoms with E-state index >= 15 is 0 Å². The SMILES string of the molecule is C=C(C)c1nc(CCc2ccc3c(n2)NC(CC)CC3)nn1/C(C)=C\C. The van der Waals surface area contributed by atoms with Gasteiger partial charge in [0, 0.05) is 23.9 Å². The summed E-state index contributed by atoms with van der Waals surface area (Å²) < 4.78 is 1.88. The minimum absolute atomic E-state index is 0.546. The Morgan fingerprint density at radius 2 is 2.12 bits per heavy atom. The highest BCUT2D eigenvalue weighted by atomic mass is 15.4. The van der Waals surface area contributed by atoms with Gasteiger partial charge in [-0.25, -0.2) is 14.6 Å². The van der Waals surface area contributed by atoms with Crippen molar-refractivity contribution in [2.45, 2.75) is 65.8 Å². The lowest BCUT2D eigenvalue weighted by Gasteiger charge is -2.25. The largest absolute Gasteiger partial charge is 0.367 e. The summed E-state index contributed by atoms with van der Waals surface area (Å²) >= 11 is 0. The van der Waals surface area contributed by atoms with Crippen molar-refractivity contribution < 1.29 is 0 Å². The topological polar surface area (TPSA) is 55.6 Å². The van der Waals surface area contributed by atoms with E-state index in [-0.39, 0.29) is 0 Å². The average molecular weight is 351 g/mol. The Kier molecular flexibility index (Phi) is 5.55. The molecule has 0 fully saturated rings. The number of allylic oxidation sites excluding steroid dienone is 3. The number of nitrogens with one attached hydrogen (secondary N) is 1. The fourth-order valence-corrected chi connectivity index (χ4v) is 3.24. The molecule has 5 nitrogen and oxygen atoms in total. The Morgan fingerprint density at radius 3 is 2.81 bits per heavy atom. The minimum Gasteiger partial charge on any atom is -0.367 e. The molecule has 0 bridgehead atoms. The summed E-state index contributed by atoms with van der Waals surface area (Å²) in [5.74, 6) is 2.73. The van der Waals surface area contributed by atoms with Gasteiger partial charge >= 0.3 is 0 Å². The summed E-state index contributed by atoms with van der Waals surface area (Å²) in [6.45, 7) is 12.3. The summed E-state index contributed by atoms with van der Waals surface area (Å²) in [5.41, 5.74) is 4.40. The highest BCUT2D eigenvalue weighted by molar-refractivity contribution is 5.59. The number of fused-ring (bicyclic) bond motifs is 1. The molecule has 1 N–H and O–H groups in total. The van der Waals surface area contributed by atoms with E-state index in [2.05, 4.69) is 41.0 Å². The lowest BCUT2D eigenvalue weighted by atomic mass is 9.99. The average Bonchev–Trinajstić information content (AvgIpc) is 3.09. The van der Waals surface area contributed by atoms with Crippen LogP contribution < -0.4 is 5.32 Å². The Bertz CT molecular complexity index is 831. The van der Waals surface area contributed by atoms with E-state index in [1.807, 2.05) is 31.5 Å². The van der Waals surface area contributed by atoms with Crippen LogP contribution >= 0.6 is 0 Å². The molecule has 0 aromatic carbocycles. The molecule has 3 heterocycles. The molecule has 1 aliphatic heterocycles. The summed E-state index contributed by atoms with van der Waals surface area (Å²) in [4.78, 5) is 9.51. The first kappa shape index (κ1) is 18.4. The van der Waals surface area contributed by atoms with E-state index in [0.29, 0.717) is 6.04 Å². The van der Waals surface area contributed by atoms with E-state index in [0.717, 1.165) is 60.1 Å². The maximum atomic E-state index is 4.84. The van der Waals surface area contributed by atoms with Crippen molar-refractivity contribution in [3.63, 3.8) is 0 Å². The van der Waals surface area contributed by atoms with Gasteiger partial charge in [0.05, 0.1) is 0 Å². The molecule has 5 heteroatoms. The number of rotatable bonds is 6. The van der Waals surface area contributed by atoms with Crippen LogP contribution in [0, 0.1) is 0 Å². The van der Waals surface area contributed by atoms with Crippen molar-refractivity contribution in [1.29, 1.82) is 0 Å². The number of aromatic nitrogens is 4. The van der Waals surface area contributed by atoms with Crippen molar-refractivity contribution in [2.24, 2.45) is 0 Å². The molecule has 2 aromatic heterocycles. The highest BCUT2D eigenvalue weighted by Crippen LogP contribution is 2.24. The Morgan fingerprint density at radius 1 is 1.31 bits per heavy atom. The molecule has 0 radical (unpaired) electrons. The lowest BCUT2D eigenvalue weighted by molar-refractivity contribution is 0.607. The van der Waals surface area contributed by atoms with Gasteiger partial charge in [0.15, 0.2) is 11.6 Å². The second kappa shape index (κ2) is 7.85. The fraction of sp³-hybridized carbons (Fsp3) is 0.476. The second-order valence-electron chi connectivity index (χ2n) is 7.07. The molecule has 1 atom stereocenters. The van der Waals surface area contributed by atoms with Crippen molar-refractivity contribution in [2.75, 3.05) is 5.32 Å². The van der Waals surface area contributed by atoms with Crippen LogP contribution in [-0.4, -0.2) is 25.8 Å². The number of hydrogen-bond donors (Lipinski definition) is 1. The summed E-state index contributed by atoms with van der Waals surface area (Å²) in [6, 6.07) is 4.90. The first-order chi connectivity index (χ1) is 12.5. The van der Waals surface area contributed by atoms with Crippen molar-refractivity contribution >= 4 is 17.1 Å². The van der Waals surface area contributed by atoms with Gasteiger partial charge in [-0.3, -0.25) is 0 Å². The molecule has 26 heavy (non-hydrogen) atoms. The molecule has 1 aliphatic rings. The molecule has 0 spiro atoms. The molecule has 1 unspecified atom stereocenters. The molecule has 0 saturated heterocycles. The van der Waals surface area contributed by atoms with Gasteiger partial charge in [-0.2, -0.15) is 5.10 Å². The number of anilines is 1. The van der Waals surface area contributed by atoms with Crippen LogP contribution in [0.15, 0.2) is 24.8 Å². The van der Waals surface area contributed by atoms with E-state index in [1.54, 1.807) is 0 Å². The van der Waals surface area contributed by atoms with Gasteiger partial charge in [0.2, 0.25) is 0 Å². The van der Waals surface area contributed by atoms with Gasteiger partial charge in [-0.05, 0) is 63.7 Å². The van der Waals surface area contributed by atoms with E-state index < -0.39 is 0 Å². The number of aryl methyl sites for hydroxylation is 3. The number of nitrogens with zero attached hydrogens (tertiary/aromatic N) is 4. The molecular formula is C21H29N5. The molecule has 0 amide bonds. The van der Waals surface area contributed by atoms with Gasteiger partial charge in [-0.1, -0.05) is 25.6 Å². The third kappa shape index (κ3) is 3.87. The Balaban J connectivity index is 1.74. The lowest BCUT2D eigenvalue weighted by Crippen LogP contribution is -2.25. The molecule has 0 aliphatic carbocycles.